The number of anilines is 1. The number of hydrogen-bond acceptors (Lipinski definition) is 6. The van der Waals surface area contributed by atoms with Gasteiger partial charge in [0.25, 0.3) is 10.0 Å². The van der Waals surface area contributed by atoms with E-state index in [0.717, 1.165) is 11.1 Å². The van der Waals surface area contributed by atoms with Crippen LogP contribution in [-0.2, 0) is 37.2 Å². The second-order valence-electron chi connectivity index (χ2n) is 11.0. The van der Waals surface area contributed by atoms with Crippen LogP contribution in [0, 0.1) is 5.41 Å². The van der Waals surface area contributed by atoms with E-state index in [0.29, 0.717) is 29.8 Å². The molecule has 9 heteroatoms. The fraction of sp³-hybridized carbons (Fsp3) is 0.393. The molecule has 8 nitrogen and oxygen atoms in total. The van der Waals surface area contributed by atoms with Crippen LogP contribution in [-0.4, -0.2) is 42.6 Å². The maximum absolute atomic E-state index is 13.3. The molecule has 0 radical (unpaired) electrons. The molecule has 1 aromatic carbocycles. The summed E-state index contributed by atoms with van der Waals surface area (Å²) >= 11 is 0. The Bertz CT molecular complexity index is 1340. The number of aromatic nitrogens is 1. The first-order valence-corrected chi connectivity index (χ1v) is 13.5. The maximum atomic E-state index is 13.3. The van der Waals surface area contributed by atoms with Gasteiger partial charge in [0.15, 0.2) is 0 Å². The predicted octanol–water partition coefficient (Wildman–Crippen LogP) is 4.79. The normalized spacial score (nSPS) is 14.6. The van der Waals surface area contributed by atoms with Gasteiger partial charge in [0.2, 0.25) is 0 Å². The molecular weight excluding hydrogens is 492 g/mol. The molecule has 0 unspecified atom stereocenters. The van der Waals surface area contributed by atoms with Crippen molar-refractivity contribution in [3.05, 3.63) is 70.9 Å². The van der Waals surface area contributed by atoms with Gasteiger partial charge in [-0.1, -0.05) is 39.0 Å². The number of esters is 1. The number of nitrogens with zero attached hydrogens (tertiary/aromatic N) is 2. The van der Waals surface area contributed by atoms with Crippen LogP contribution >= 0.6 is 0 Å². The Labute approximate surface area is 218 Å². The molecule has 3 rings (SSSR count). The fourth-order valence-electron chi connectivity index (χ4n) is 3.94. The van der Waals surface area contributed by atoms with E-state index in [4.69, 9.17) is 4.74 Å². The molecule has 1 aliphatic rings. The van der Waals surface area contributed by atoms with Crippen LogP contribution < -0.4 is 4.31 Å². The summed E-state index contributed by atoms with van der Waals surface area (Å²) in [5, 5.41) is 9.47. The van der Waals surface area contributed by atoms with Crippen molar-refractivity contribution in [1.82, 2.24) is 4.98 Å². The van der Waals surface area contributed by atoms with Crippen molar-refractivity contribution >= 4 is 33.9 Å². The van der Waals surface area contributed by atoms with Crippen molar-refractivity contribution < 1.29 is 27.9 Å². The van der Waals surface area contributed by atoms with Crippen LogP contribution in [0.3, 0.4) is 0 Å². The summed E-state index contributed by atoms with van der Waals surface area (Å²) in [5.74, 6) is -1.05. The number of carbonyl (C=O) groups excluding carboxylic acids is 1. The number of ether oxygens (including phenoxy) is 1. The number of carboxylic acids is 1. The van der Waals surface area contributed by atoms with Crippen LogP contribution in [0.15, 0.2) is 59.1 Å². The standard InChI is InChI=1S/C28H34N2O6S/c1-27(2,3)23(26(32)33)13-9-19-7-11-22(12-8-19)37(34,35)30-16-15-21-17-20(18-29-25(21)30)10-14-24(31)36-28(4,5)6/h7-8,10-14,17-18H,9,15-16H2,1-6H3,(H,32,33). The monoisotopic (exact) mass is 526 g/mol. The zero-order chi connectivity index (χ0) is 27.6. The third kappa shape index (κ3) is 7.07. The average Bonchev–Trinajstić information content (AvgIpc) is 3.20. The molecule has 0 fully saturated rings. The van der Waals surface area contributed by atoms with Crippen LogP contribution in [0.1, 0.15) is 58.2 Å². The van der Waals surface area contributed by atoms with E-state index in [9.17, 15) is 23.1 Å². The number of carbonyl (C=O) groups is 2. The number of benzene rings is 1. The van der Waals surface area contributed by atoms with Gasteiger partial charge in [-0.25, -0.2) is 27.3 Å². The van der Waals surface area contributed by atoms with Gasteiger partial charge in [0.1, 0.15) is 11.4 Å². The minimum Gasteiger partial charge on any atom is -0.478 e. The first kappa shape index (κ1) is 28.1. The van der Waals surface area contributed by atoms with Gasteiger partial charge in [-0.05, 0) is 80.0 Å². The molecule has 0 amide bonds. The third-order valence-corrected chi connectivity index (χ3v) is 7.50. The van der Waals surface area contributed by atoms with Gasteiger partial charge < -0.3 is 9.84 Å². The first-order valence-electron chi connectivity index (χ1n) is 12.0. The number of allylic oxidation sites excluding steroid dienone is 1. The summed E-state index contributed by atoms with van der Waals surface area (Å²) in [7, 11) is -3.83. The largest absolute Gasteiger partial charge is 0.478 e. The van der Waals surface area contributed by atoms with Crippen molar-refractivity contribution in [2.75, 3.05) is 10.8 Å². The molecule has 0 saturated carbocycles. The molecule has 0 spiro atoms. The minimum atomic E-state index is -3.83. The van der Waals surface area contributed by atoms with E-state index < -0.39 is 33.0 Å². The second kappa shape index (κ2) is 10.5. The van der Waals surface area contributed by atoms with Crippen molar-refractivity contribution in [1.29, 1.82) is 0 Å². The summed E-state index contributed by atoms with van der Waals surface area (Å²) in [6, 6.07) is 8.28. The molecule has 0 saturated heterocycles. The smallest absolute Gasteiger partial charge is 0.331 e. The molecule has 0 aliphatic carbocycles. The van der Waals surface area contributed by atoms with Gasteiger partial charge in [-0.15, -0.1) is 0 Å². The van der Waals surface area contributed by atoms with Crippen molar-refractivity contribution in [3.8, 4) is 0 Å². The van der Waals surface area contributed by atoms with Crippen molar-refractivity contribution in [3.63, 3.8) is 0 Å². The number of sulfonamides is 1. The quantitative estimate of drug-likeness (QED) is 0.408. The molecule has 2 aromatic rings. The Hall–Kier alpha value is -3.46. The summed E-state index contributed by atoms with van der Waals surface area (Å²) in [6.45, 7) is 11.1. The molecule has 0 atom stereocenters. The highest BCUT2D eigenvalue weighted by molar-refractivity contribution is 7.92. The van der Waals surface area contributed by atoms with Crippen LogP contribution in [0.5, 0.6) is 0 Å². The van der Waals surface area contributed by atoms with E-state index in [-0.39, 0.29) is 11.4 Å². The highest BCUT2D eigenvalue weighted by atomic mass is 32.2. The number of aliphatic carboxylic acids is 1. The Balaban J connectivity index is 1.76. The fourth-order valence-corrected chi connectivity index (χ4v) is 5.40. The first-order chi connectivity index (χ1) is 17.1. The number of pyridine rings is 1. The lowest BCUT2D eigenvalue weighted by Crippen LogP contribution is -2.29. The summed E-state index contributed by atoms with van der Waals surface area (Å²) in [4.78, 5) is 28.0. The zero-order valence-electron chi connectivity index (χ0n) is 22.1. The molecule has 2 heterocycles. The van der Waals surface area contributed by atoms with Crippen LogP contribution in [0.2, 0.25) is 0 Å². The molecule has 1 aliphatic heterocycles. The summed E-state index contributed by atoms with van der Waals surface area (Å²) < 4.78 is 33.3. The van der Waals surface area contributed by atoms with E-state index in [1.54, 1.807) is 45.1 Å². The Morgan fingerprint density at radius 1 is 1.11 bits per heavy atom. The van der Waals surface area contributed by atoms with E-state index in [2.05, 4.69) is 4.98 Å². The van der Waals surface area contributed by atoms with Crippen molar-refractivity contribution in [2.45, 2.75) is 64.9 Å². The van der Waals surface area contributed by atoms with Crippen LogP contribution in [0.25, 0.3) is 6.08 Å². The molecule has 0 bridgehead atoms. The Morgan fingerprint density at radius 2 is 1.76 bits per heavy atom. The average molecular weight is 527 g/mol. The van der Waals surface area contributed by atoms with Gasteiger partial charge >= 0.3 is 11.9 Å². The molecule has 198 valence electrons. The minimum absolute atomic E-state index is 0.137. The van der Waals surface area contributed by atoms with E-state index in [1.165, 1.54) is 28.7 Å². The number of hydrogen-bond donors (Lipinski definition) is 1. The van der Waals surface area contributed by atoms with E-state index >= 15 is 0 Å². The molecule has 1 aromatic heterocycles. The predicted molar refractivity (Wildman–Crippen MR) is 143 cm³/mol. The molecule has 1 N–H and O–H groups in total. The Kier molecular flexibility index (Phi) is 7.97. The van der Waals surface area contributed by atoms with Gasteiger partial charge in [-0.2, -0.15) is 0 Å². The van der Waals surface area contributed by atoms with Gasteiger partial charge in [-0.3, -0.25) is 0 Å². The molecular formula is C28H34N2O6S. The van der Waals surface area contributed by atoms with Crippen molar-refractivity contribution in [2.24, 2.45) is 5.41 Å². The third-order valence-electron chi connectivity index (χ3n) is 5.69. The van der Waals surface area contributed by atoms with Crippen LogP contribution in [0.4, 0.5) is 5.82 Å². The maximum Gasteiger partial charge on any atom is 0.331 e. The molecule has 37 heavy (non-hydrogen) atoms. The number of carboxylic acid groups (broad SMARTS) is 1. The SMILES string of the molecule is CC(C)(C)OC(=O)C=Cc1cnc2c(c1)CCN2S(=O)(=O)c1ccc(CC=C(C(=O)O)C(C)(C)C)cc1. The van der Waals surface area contributed by atoms with Gasteiger partial charge in [0.05, 0.1) is 4.90 Å². The summed E-state index contributed by atoms with van der Waals surface area (Å²) in [6.07, 6.45) is 7.01. The van der Waals surface area contributed by atoms with E-state index in [1.807, 2.05) is 26.8 Å². The highest BCUT2D eigenvalue weighted by Crippen LogP contribution is 2.32. The second-order valence-corrected chi connectivity index (χ2v) is 12.8. The topological polar surface area (TPSA) is 114 Å². The highest BCUT2D eigenvalue weighted by Gasteiger charge is 2.32. The zero-order valence-corrected chi connectivity index (χ0v) is 22.9. The lowest BCUT2D eigenvalue weighted by molar-refractivity contribution is -0.148. The number of fused-ring (bicyclic) bond motifs is 1. The lowest BCUT2D eigenvalue weighted by Gasteiger charge is -2.20. The lowest BCUT2D eigenvalue weighted by atomic mass is 9.85. The number of rotatable bonds is 7. The summed E-state index contributed by atoms with van der Waals surface area (Å²) in [5.41, 5.74) is 1.48. The van der Waals surface area contributed by atoms with Gasteiger partial charge in [0, 0.05) is 24.4 Å². The Morgan fingerprint density at radius 3 is 2.32 bits per heavy atom.